The van der Waals surface area contributed by atoms with E-state index < -0.39 is 11.7 Å². The Kier molecular flexibility index (Phi) is 5.13. The molecule has 0 radical (unpaired) electrons. The van der Waals surface area contributed by atoms with Crippen molar-refractivity contribution >= 4 is 17.5 Å². The van der Waals surface area contributed by atoms with E-state index in [-0.39, 0.29) is 30.5 Å². The molecule has 1 aromatic rings. The second kappa shape index (κ2) is 6.87. The number of amides is 2. The van der Waals surface area contributed by atoms with Crippen LogP contribution in [0.25, 0.3) is 0 Å². The van der Waals surface area contributed by atoms with Gasteiger partial charge < -0.3 is 15.3 Å². The van der Waals surface area contributed by atoms with E-state index in [1.165, 1.54) is 17.0 Å². The van der Waals surface area contributed by atoms with Gasteiger partial charge in [0.05, 0.1) is 17.9 Å². The summed E-state index contributed by atoms with van der Waals surface area (Å²) in [6, 6.07) is 3.74. The summed E-state index contributed by atoms with van der Waals surface area (Å²) in [7, 11) is 0. The molecule has 2 amide bonds. The van der Waals surface area contributed by atoms with Gasteiger partial charge in [-0.3, -0.25) is 9.59 Å². The summed E-state index contributed by atoms with van der Waals surface area (Å²) in [5.74, 6) is -0.774. The molecule has 1 aliphatic carbocycles. The number of hydrogen-bond donors (Lipinski definition) is 2. The van der Waals surface area contributed by atoms with Gasteiger partial charge in [0.25, 0.3) is 5.91 Å². The highest BCUT2D eigenvalue weighted by molar-refractivity contribution is 6.04. The third-order valence-electron chi connectivity index (χ3n) is 3.95. The Morgan fingerprint density at radius 2 is 2.14 bits per heavy atom. The molecule has 2 rings (SSSR count). The Hall–Kier alpha value is -1.95. The Balaban J connectivity index is 2.23. The maximum Gasteiger partial charge on any atom is 0.256 e. The van der Waals surface area contributed by atoms with Gasteiger partial charge in [-0.05, 0) is 37.5 Å². The molecule has 0 spiro atoms. The molecule has 0 saturated heterocycles. The van der Waals surface area contributed by atoms with Crippen molar-refractivity contribution in [2.45, 2.75) is 20.3 Å². The van der Waals surface area contributed by atoms with Gasteiger partial charge in [-0.1, -0.05) is 6.92 Å². The fourth-order valence-electron chi connectivity index (χ4n) is 2.41. The topological polar surface area (TPSA) is 69.6 Å². The molecular weight excluding hydrogens is 287 g/mol. The van der Waals surface area contributed by atoms with Gasteiger partial charge in [0.2, 0.25) is 5.91 Å². The van der Waals surface area contributed by atoms with Gasteiger partial charge in [0, 0.05) is 19.0 Å². The van der Waals surface area contributed by atoms with Crippen molar-refractivity contribution in [2.75, 3.05) is 25.0 Å². The number of carbonyl (C=O) groups is 2. The highest BCUT2D eigenvalue weighted by atomic mass is 19.1. The van der Waals surface area contributed by atoms with E-state index in [9.17, 15) is 14.0 Å². The molecular formula is C16H21FN2O3. The lowest BCUT2D eigenvalue weighted by atomic mass is 10.1. The standard InChI is InChI=1S/C16H21FN2O3/c1-3-19(6-7-20)16(22)13-9-11(17)4-5-14(13)18-15(21)12-8-10(12)2/h4-5,9-10,12,20H,3,6-8H2,1-2H3,(H,18,21). The number of benzene rings is 1. The van der Waals surface area contributed by atoms with E-state index >= 15 is 0 Å². The van der Waals surface area contributed by atoms with E-state index in [0.717, 1.165) is 12.5 Å². The number of nitrogens with one attached hydrogen (secondary N) is 1. The maximum atomic E-state index is 13.5. The van der Waals surface area contributed by atoms with Crippen molar-refractivity contribution in [3.63, 3.8) is 0 Å². The van der Waals surface area contributed by atoms with Crippen LogP contribution in [0.2, 0.25) is 0 Å². The maximum absolute atomic E-state index is 13.5. The van der Waals surface area contributed by atoms with Crippen LogP contribution < -0.4 is 5.32 Å². The molecule has 6 heteroatoms. The van der Waals surface area contributed by atoms with Crippen molar-refractivity contribution in [3.8, 4) is 0 Å². The van der Waals surface area contributed by atoms with Crippen LogP contribution in [-0.2, 0) is 4.79 Å². The first-order chi connectivity index (χ1) is 10.5. The summed E-state index contributed by atoms with van der Waals surface area (Å²) in [4.78, 5) is 25.9. The molecule has 0 aliphatic heterocycles. The summed E-state index contributed by atoms with van der Waals surface area (Å²) in [6.45, 7) is 4.15. The predicted molar refractivity (Wildman–Crippen MR) is 81.0 cm³/mol. The van der Waals surface area contributed by atoms with Gasteiger partial charge in [-0.25, -0.2) is 4.39 Å². The number of nitrogens with zero attached hydrogens (tertiary/aromatic N) is 1. The molecule has 120 valence electrons. The SMILES string of the molecule is CCN(CCO)C(=O)c1cc(F)ccc1NC(=O)C1CC1C. The third-order valence-corrected chi connectivity index (χ3v) is 3.95. The fraction of sp³-hybridized carbons (Fsp3) is 0.500. The van der Waals surface area contributed by atoms with Crippen molar-refractivity contribution in [1.82, 2.24) is 4.90 Å². The zero-order chi connectivity index (χ0) is 16.3. The van der Waals surface area contributed by atoms with Crippen LogP contribution >= 0.6 is 0 Å². The minimum atomic E-state index is -0.541. The Bertz CT molecular complexity index is 577. The molecule has 1 aromatic carbocycles. The van der Waals surface area contributed by atoms with Crippen LogP contribution in [0.3, 0.4) is 0 Å². The lowest BCUT2D eigenvalue weighted by Crippen LogP contribution is -2.34. The Morgan fingerprint density at radius 3 is 2.68 bits per heavy atom. The molecule has 5 nitrogen and oxygen atoms in total. The Labute approximate surface area is 129 Å². The number of hydrogen-bond acceptors (Lipinski definition) is 3. The van der Waals surface area contributed by atoms with Crippen molar-refractivity contribution in [1.29, 1.82) is 0 Å². The lowest BCUT2D eigenvalue weighted by Gasteiger charge is -2.21. The number of anilines is 1. The van der Waals surface area contributed by atoms with E-state index in [1.807, 2.05) is 6.92 Å². The lowest BCUT2D eigenvalue weighted by molar-refractivity contribution is -0.117. The number of aliphatic hydroxyl groups excluding tert-OH is 1. The van der Waals surface area contributed by atoms with Crippen LogP contribution in [0.5, 0.6) is 0 Å². The van der Waals surface area contributed by atoms with Crippen molar-refractivity contribution < 1.29 is 19.1 Å². The van der Waals surface area contributed by atoms with Crippen LogP contribution in [-0.4, -0.2) is 41.5 Å². The Morgan fingerprint density at radius 1 is 1.45 bits per heavy atom. The fourth-order valence-corrected chi connectivity index (χ4v) is 2.41. The quantitative estimate of drug-likeness (QED) is 0.843. The van der Waals surface area contributed by atoms with Gasteiger partial charge in [-0.2, -0.15) is 0 Å². The number of likely N-dealkylation sites (N-methyl/N-ethyl adjacent to an activating group) is 1. The molecule has 2 unspecified atom stereocenters. The molecule has 1 fully saturated rings. The van der Waals surface area contributed by atoms with E-state index in [4.69, 9.17) is 5.11 Å². The first kappa shape index (κ1) is 16.4. The average molecular weight is 308 g/mol. The molecule has 0 aromatic heterocycles. The van der Waals surface area contributed by atoms with Gasteiger partial charge >= 0.3 is 0 Å². The summed E-state index contributed by atoms with van der Waals surface area (Å²) in [5, 5.41) is 11.7. The highest BCUT2D eigenvalue weighted by Crippen LogP contribution is 2.38. The summed E-state index contributed by atoms with van der Waals surface area (Å²) in [6.07, 6.45) is 0.835. The van der Waals surface area contributed by atoms with Crippen molar-refractivity contribution in [3.05, 3.63) is 29.6 Å². The van der Waals surface area contributed by atoms with Crippen LogP contribution in [0, 0.1) is 17.7 Å². The average Bonchev–Trinajstić information content (AvgIpc) is 3.23. The number of halogens is 1. The molecule has 0 bridgehead atoms. The van der Waals surface area contributed by atoms with Gasteiger partial charge in [0.15, 0.2) is 0 Å². The summed E-state index contributed by atoms with van der Waals surface area (Å²) in [5.41, 5.74) is 0.420. The van der Waals surface area contributed by atoms with Crippen LogP contribution in [0.4, 0.5) is 10.1 Å². The van der Waals surface area contributed by atoms with Crippen LogP contribution in [0.1, 0.15) is 30.6 Å². The number of aliphatic hydroxyl groups is 1. The van der Waals surface area contributed by atoms with Gasteiger partial charge in [0.1, 0.15) is 5.82 Å². The smallest absolute Gasteiger partial charge is 0.256 e. The largest absolute Gasteiger partial charge is 0.395 e. The second-order valence-corrected chi connectivity index (χ2v) is 5.61. The molecule has 1 aliphatic rings. The normalized spacial score (nSPS) is 19.6. The van der Waals surface area contributed by atoms with Crippen LogP contribution in [0.15, 0.2) is 18.2 Å². The number of carbonyl (C=O) groups excluding carboxylic acids is 2. The van der Waals surface area contributed by atoms with E-state index in [2.05, 4.69) is 5.32 Å². The molecule has 2 N–H and O–H groups in total. The van der Waals surface area contributed by atoms with Crippen molar-refractivity contribution in [2.24, 2.45) is 11.8 Å². The first-order valence-electron chi connectivity index (χ1n) is 7.48. The van der Waals surface area contributed by atoms with Gasteiger partial charge in [-0.15, -0.1) is 0 Å². The minimum Gasteiger partial charge on any atom is -0.395 e. The molecule has 22 heavy (non-hydrogen) atoms. The molecule has 1 saturated carbocycles. The van der Waals surface area contributed by atoms with E-state index in [0.29, 0.717) is 18.2 Å². The number of rotatable bonds is 6. The minimum absolute atomic E-state index is 0.0345. The molecule has 0 heterocycles. The second-order valence-electron chi connectivity index (χ2n) is 5.61. The highest BCUT2D eigenvalue weighted by Gasteiger charge is 2.39. The summed E-state index contributed by atoms with van der Waals surface area (Å²) < 4.78 is 13.5. The predicted octanol–water partition coefficient (Wildman–Crippen LogP) is 1.87. The first-order valence-corrected chi connectivity index (χ1v) is 7.48. The monoisotopic (exact) mass is 308 g/mol. The third kappa shape index (κ3) is 3.62. The van der Waals surface area contributed by atoms with E-state index in [1.54, 1.807) is 6.92 Å². The summed E-state index contributed by atoms with van der Waals surface area (Å²) >= 11 is 0. The zero-order valence-corrected chi connectivity index (χ0v) is 12.8. The zero-order valence-electron chi connectivity index (χ0n) is 12.8. The molecule has 2 atom stereocenters.